The molecule has 0 fully saturated rings. The lowest BCUT2D eigenvalue weighted by Crippen LogP contribution is -3.17. The van der Waals surface area contributed by atoms with E-state index in [1.165, 1.54) is 6.92 Å². The zero-order valence-electron chi connectivity index (χ0n) is 14.2. The summed E-state index contributed by atoms with van der Waals surface area (Å²) in [6.07, 6.45) is 0. The van der Waals surface area contributed by atoms with Gasteiger partial charge in [-0.3, -0.25) is 14.4 Å². The number of amides is 2. The molecule has 0 aromatic heterocycles. The van der Waals surface area contributed by atoms with E-state index in [-0.39, 0.29) is 30.2 Å². The summed E-state index contributed by atoms with van der Waals surface area (Å²) in [5.74, 6) is -0.226. The second-order valence-electron chi connectivity index (χ2n) is 5.49. The van der Waals surface area contributed by atoms with E-state index in [1.54, 1.807) is 31.2 Å². The fourth-order valence-electron chi connectivity index (χ4n) is 2.27. The molecule has 0 aliphatic carbocycles. The van der Waals surface area contributed by atoms with Crippen LogP contribution in [0.5, 0.6) is 0 Å². The quantitative estimate of drug-likeness (QED) is 0.601. The summed E-state index contributed by atoms with van der Waals surface area (Å²) in [7, 11) is 0. The molecule has 1 aromatic carbocycles. The van der Waals surface area contributed by atoms with E-state index in [9.17, 15) is 14.4 Å². The van der Waals surface area contributed by atoms with E-state index in [4.69, 9.17) is 0 Å². The Bertz CT molecular complexity index is 555. The van der Waals surface area contributed by atoms with Crippen LogP contribution in [0.2, 0.25) is 0 Å². The van der Waals surface area contributed by atoms with E-state index in [0.29, 0.717) is 24.3 Å². The Kier molecular flexibility index (Phi) is 7.41. The Labute approximate surface area is 137 Å². The molecule has 0 heterocycles. The molecule has 23 heavy (non-hydrogen) atoms. The first kappa shape index (κ1) is 18.8. The average Bonchev–Trinajstić information content (AvgIpc) is 2.52. The molecule has 1 aromatic rings. The van der Waals surface area contributed by atoms with Crippen molar-refractivity contribution in [3.8, 4) is 0 Å². The van der Waals surface area contributed by atoms with Crippen molar-refractivity contribution in [1.29, 1.82) is 0 Å². The standard InChI is InChI=1S/C17H25N3O3/c1-5-18-16(22)11-20(6-2)12(3)17(23)19-15-9-7-14(8-10-15)13(4)21/h7-10,12H,5-6,11H2,1-4H3,(H,18,22)(H,19,23)/p+1/t12-/m0/s1. The van der Waals surface area contributed by atoms with Gasteiger partial charge in [-0.25, -0.2) is 0 Å². The highest BCUT2D eigenvalue weighted by atomic mass is 16.2. The summed E-state index contributed by atoms with van der Waals surface area (Å²) in [6, 6.07) is 6.42. The van der Waals surface area contributed by atoms with E-state index < -0.39 is 0 Å². The molecular weight excluding hydrogens is 294 g/mol. The number of anilines is 1. The highest BCUT2D eigenvalue weighted by molar-refractivity contribution is 5.96. The molecular formula is C17H26N3O3+. The van der Waals surface area contributed by atoms with Gasteiger partial charge in [-0.1, -0.05) is 0 Å². The van der Waals surface area contributed by atoms with Crippen LogP contribution >= 0.6 is 0 Å². The Morgan fingerprint density at radius 1 is 1.13 bits per heavy atom. The van der Waals surface area contributed by atoms with Gasteiger partial charge in [0.15, 0.2) is 18.4 Å². The smallest absolute Gasteiger partial charge is 0.282 e. The number of quaternary nitrogens is 1. The van der Waals surface area contributed by atoms with Crippen LogP contribution in [0.1, 0.15) is 38.1 Å². The third-order valence-corrected chi connectivity index (χ3v) is 3.78. The molecule has 0 aliphatic heterocycles. The fraction of sp³-hybridized carbons (Fsp3) is 0.471. The molecule has 0 saturated heterocycles. The topological polar surface area (TPSA) is 79.7 Å². The lowest BCUT2D eigenvalue weighted by atomic mass is 10.1. The van der Waals surface area contributed by atoms with Crippen molar-refractivity contribution in [3.05, 3.63) is 29.8 Å². The molecule has 1 unspecified atom stereocenters. The van der Waals surface area contributed by atoms with Gasteiger partial charge in [0.25, 0.3) is 11.8 Å². The van der Waals surface area contributed by atoms with Gasteiger partial charge in [0, 0.05) is 17.8 Å². The molecule has 6 nitrogen and oxygen atoms in total. The maximum absolute atomic E-state index is 12.3. The van der Waals surface area contributed by atoms with Crippen LogP contribution in [0, 0.1) is 0 Å². The fourth-order valence-corrected chi connectivity index (χ4v) is 2.27. The zero-order chi connectivity index (χ0) is 17.4. The van der Waals surface area contributed by atoms with Crippen LogP contribution in [0.15, 0.2) is 24.3 Å². The summed E-state index contributed by atoms with van der Waals surface area (Å²) < 4.78 is 0. The predicted molar refractivity (Wildman–Crippen MR) is 89.6 cm³/mol. The van der Waals surface area contributed by atoms with Gasteiger partial charge in [0.2, 0.25) is 0 Å². The van der Waals surface area contributed by atoms with Crippen LogP contribution in [0.3, 0.4) is 0 Å². The first-order valence-corrected chi connectivity index (χ1v) is 7.92. The van der Waals surface area contributed by atoms with E-state index in [1.807, 2.05) is 13.8 Å². The van der Waals surface area contributed by atoms with Crippen LogP contribution in [-0.4, -0.2) is 43.3 Å². The molecule has 0 spiro atoms. The maximum atomic E-state index is 12.3. The van der Waals surface area contributed by atoms with Crippen molar-refractivity contribution in [2.75, 3.05) is 25.0 Å². The summed E-state index contributed by atoms with van der Waals surface area (Å²) in [5, 5.41) is 5.57. The molecule has 0 saturated carbocycles. The molecule has 2 amide bonds. The van der Waals surface area contributed by atoms with E-state index in [2.05, 4.69) is 10.6 Å². The molecule has 0 bridgehead atoms. The molecule has 1 rings (SSSR count). The van der Waals surface area contributed by atoms with Gasteiger partial charge in [-0.15, -0.1) is 0 Å². The lowest BCUT2D eigenvalue weighted by Gasteiger charge is -2.23. The summed E-state index contributed by atoms with van der Waals surface area (Å²) >= 11 is 0. The molecule has 0 aliphatic rings. The monoisotopic (exact) mass is 320 g/mol. The second kappa shape index (κ2) is 9.05. The molecule has 2 atom stereocenters. The van der Waals surface area contributed by atoms with Crippen LogP contribution in [-0.2, 0) is 9.59 Å². The van der Waals surface area contributed by atoms with Gasteiger partial charge < -0.3 is 15.5 Å². The Morgan fingerprint density at radius 3 is 2.22 bits per heavy atom. The van der Waals surface area contributed by atoms with Gasteiger partial charge >= 0.3 is 0 Å². The van der Waals surface area contributed by atoms with Gasteiger partial charge in [0.1, 0.15) is 0 Å². The first-order chi connectivity index (χ1) is 10.9. The Balaban J connectivity index is 2.67. The number of carbonyl (C=O) groups is 3. The second-order valence-corrected chi connectivity index (χ2v) is 5.49. The van der Waals surface area contributed by atoms with Crippen molar-refractivity contribution in [2.45, 2.75) is 33.7 Å². The number of hydrogen-bond donors (Lipinski definition) is 3. The third kappa shape index (κ3) is 5.83. The largest absolute Gasteiger partial charge is 0.351 e. The van der Waals surface area contributed by atoms with Gasteiger partial charge in [-0.05, 0) is 52.0 Å². The number of rotatable bonds is 8. The Morgan fingerprint density at radius 2 is 1.74 bits per heavy atom. The number of ketones is 1. The van der Waals surface area contributed by atoms with Crippen molar-refractivity contribution in [2.24, 2.45) is 0 Å². The predicted octanol–water partition coefficient (Wildman–Crippen LogP) is 0.257. The summed E-state index contributed by atoms with van der Waals surface area (Å²) in [5.41, 5.74) is 1.24. The minimum Gasteiger partial charge on any atom is -0.351 e. The molecule has 126 valence electrons. The number of nitrogens with one attached hydrogen (secondary N) is 3. The van der Waals surface area contributed by atoms with E-state index >= 15 is 0 Å². The molecule has 3 N–H and O–H groups in total. The van der Waals surface area contributed by atoms with Crippen molar-refractivity contribution >= 4 is 23.3 Å². The van der Waals surface area contributed by atoms with Crippen LogP contribution < -0.4 is 15.5 Å². The lowest BCUT2D eigenvalue weighted by molar-refractivity contribution is -0.904. The SMILES string of the molecule is CCNC(=O)C[NH+](CC)[C@@H](C)C(=O)Nc1ccc(C(C)=O)cc1. The maximum Gasteiger partial charge on any atom is 0.282 e. The number of carbonyl (C=O) groups excluding carboxylic acids is 3. The Hall–Kier alpha value is -2.21. The molecule has 0 radical (unpaired) electrons. The normalized spacial score (nSPS) is 13.0. The average molecular weight is 320 g/mol. The van der Waals surface area contributed by atoms with Gasteiger partial charge in [-0.2, -0.15) is 0 Å². The highest BCUT2D eigenvalue weighted by Gasteiger charge is 2.25. The first-order valence-electron chi connectivity index (χ1n) is 7.92. The number of Topliss-reactive ketones (excluding diaryl/α,β-unsaturated/α-hetero) is 1. The minimum absolute atomic E-state index is 0.0141. The zero-order valence-corrected chi connectivity index (χ0v) is 14.2. The molecule has 6 heteroatoms. The summed E-state index contributed by atoms with van der Waals surface area (Å²) in [4.78, 5) is 36.2. The summed E-state index contributed by atoms with van der Waals surface area (Å²) in [6.45, 7) is 8.64. The van der Waals surface area contributed by atoms with Crippen LogP contribution in [0.4, 0.5) is 5.69 Å². The number of benzene rings is 1. The van der Waals surface area contributed by atoms with Gasteiger partial charge in [0.05, 0.1) is 6.54 Å². The van der Waals surface area contributed by atoms with Crippen molar-refractivity contribution in [3.63, 3.8) is 0 Å². The highest BCUT2D eigenvalue weighted by Crippen LogP contribution is 2.10. The number of hydrogen-bond acceptors (Lipinski definition) is 3. The van der Waals surface area contributed by atoms with Crippen molar-refractivity contribution < 1.29 is 19.3 Å². The van der Waals surface area contributed by atoms with Crippen molar-refractivity contribution in [1.82, 2.24) is 5.32 Å². The minimum atomic E-state index is -0.352. The van der Waals surface area contributed by atoms with Crippen LogP contribution in [0.25, 0.3) is 0 Å². The third-order valence-electron chi connectivity index (χ3n) is 3.78. The van der Waals surface area contributed by atoms with E-state index in [0.717, 1.165) is 4.90 Å². The number of likely N-dealkylation sites (N-methyl/N-ethyl adjacent to an activating group) is 2.